The molecule has 0 spiro atoms. The van der Waals surface area contributed by atoms with Crippen LogP contribution in [0.5, 0.6) is 5.75 Å². The Morgan fingerprint density at radius 3 is 2.11 bits per heavy atom. The van der Waals surface area contributed by atoms with E-state index in [1.165, 1.54) is 0 Å². The number of hydrogen-bond acceptors (Lipinski definition) is 2. The number of hydrogen-bond donors (Lipinski definition) is 2. The van der Waals surface area contributed by atoms with Gasteiger partial charge in [-0.25, -0.2) is 4.21 Å². The second-order valence-corrected chi connectivity index (χ2v) is 7.23. The van der Waals surface area contributed by atoms with E-state index in [0.717, 1.165) is 11.1 Å². The van der Waals surface area contributed by atoms with Crippen molar-refractivity contribution in [1.82, 2.24) is 0 Å². The van der Waals surface area contributed by atoms with Gasteiger partial charge < -0.3 is 9.83 Å². The second kappa shape index (κ2) is 8.52. The Balaban J connectivity index is 2.03. The van der Waals surface area contributed by atoms with Gasteiger partial charge in [-0.15, -0.1) is 0 Å². The van der Waals surface area contributed by atoms with Crippen molar-refractivity contribution < 1.29 is 9.32 Å². The third-order valence-electron chi connectivity index (χ3n) is 4.26. The van der Waals surface area contributed by atoms with Crippen molar-refractivity contribution in [2.75, 3.05) is 4.72 Å². The Labute approximate surface area is 162 Å². The van der Waals surface area contributed by atoms with Crippen LogP contribution < -0.4 is 4.72 Å². The van der Waals surface area contributed by atoms with Crippen LogP contribution in [-0.2, 0) is 17.4 Å². The van der Waals surface area contributed by atoms with E-state index < -0.39 is 11.0 Å². The van der Waals surface area contributed by atoms with Gasteiger partial charge in [-0.05, 0) is 23.8 Å². The highest BCUT2D eigenvalue weighted by molar-refractivity contribution is 7.86. The van der Waals surface area contributed by atoms with Crippen LogP contribution in [0.2, 0.25) is 0 Å². The predicted octanol–water partition coefficient (Wildman–Crippen LogP) is 5.40. The van der Waals surface area contributed by atoms with Gasteiger partial charge in [0.1, 0.15) is 16.7 Å². The summed E-state index contributed by atoms with van der Waals surface area (Å²) in [7, 11) is -1.43. The summed E-state index contributed by atoms with van der Waals surface area (Å²) in [6.07, 6.45) is 3.78. The Bertz CT molecular complexity index is 982. The molecule has 0 bridgehead atoms. The molecule has 1 unspecified atom stereocenters. The van der Waals surface area contributed by atoms with E-state index >= 15 is 0 Å². The fourth-order valence-electron chi connectivity index (χ4n) is 2.93. The van der Waals surface area contributed by atoms with Crippen molar-refractivity contribution in [3.8, 4) is 5.75 Å². The van der Waals surface area contributed by atoms with Crippen molar-refractivity contribution in [2.24, 2.45) is 0 Å². The number of rotatable bonds is 7. The number of benzene rings is 3. The molecule has 0 heterocycles. The van der Waals surface area contributed by atoms with E-state index in [1.807, 2.05) is 54.6 Å². The molecule has 3 nitrogen and oxygen atoms in total. The summed E-state index contributed by atoms with van der Waals surface area (Å²) < 4.78 is 15.8. The van der Waals surface area contributed by atoms with Crippen molar-refractivity contribution in [3.63, 3.8) is 0 Å². The largest absolute Gasteiger partial charge is 0.507 e. The normalized spacial score (nSPS) is 11.6. The minimum atomic E-state index is -1.43. The lowest BCUT2D eigenvalue weighted by Crippen LogP contribution is -2.07. The maximum absolute atomic E-state index is 12.7. The Morgan fingerprint density at radius 2 is 1.52 bits per heavy atom. The molecular formula is C23H21NO2S. The predicted molar refractivity (Wildman–Crippen MR) is 114 cm³/mol. The molecule has 0 fully saturated rings. The first-order valence-corrected chi connectivity index (χ1v) is 9.70. The first kappa shape index (κ1) is 18.7. The third kappa shape index (κ3) is 4.18. The topological polar surface area (TPSA) is 49.3 Å². The zero-order chi connectivity index (χ0) is 19.2. The van der Waals surface area contributed by atoms with Crippen LogP contribution >= 0.6 is 0 Å². The van der Waals surface area contributed by atoms with Crippen LogP contribution in [0.1, 0.15) is 22.3 Å². The first-order chi connectivity index (χ1) is 13.1. The zero-order valence-electron chi connectivity index (χ0n) is 14.9. The monoisotopic (exact) mass is 375 g/mol. The Morgan fingerprint density at radius 1 is 0.926 bits per heavy atom. The van der Waals surface area contributed by atoms with E-state index in [9.17, 15) is 9.32 Å². The van der Waals surface area contributed by atoms with Gasteiger partial charge in [0.25, 0.3) is 0 Å². The van der Waals surface area contributed by atoms with E-state index in [1.54, 1.807) is 24.3 Å². The summed E-state index contributed by atoms with van der Waals surface area (Å²) in [5.41, 5.74) is 3.69. The molecule has 0 aliphatic carbocycles. The van der Waals surface area contributed by atoms with E-state index in [-0.39, 0.29) is 5.75 Å². The van der Waals surface area contributed by atoms with Crippen LogP contribution in [0.25, 0.3) is 12.2 Å². The summed E-state index contributed by atoms with van der Waals surface area (Å²) in [5, 5.41) is 10.7. The summed E-state index contributed by atoms with van der Waals surface area (Å²) >= 11 is 0. The van der Waals surface area contributed by atoms with Gasteiger partial charge in [0, 0.05) is 23.1 Å². The fourth-order valence-corrected chi connectivity index (χ4v) is 3.82. The van der Waals surface area contributed by atoms with Crippen molar-refractivity contribution in [3.05, 3.63) is 102 Å². The van der Waals surface area contributed by atoms with Crippen molar-refractivity contribution in [2.45, 2.75) is 11.3 Å². The Hall–Kier alpha value is -3.11. The lowest BCUT2D eigenvalue weighted by atomic mass is 9.96. The van der Waals surface area contributed by atoms with E-state index in [4.69, 9.17) is 0 Å². The van der Waals surface area contributed by atoms with Crippen LogP contribution in [0, 0.1) is 0 Å². The second-order valence-electron chi connectivity index (χ2n) is 6.01. The highest BCUT2D eigenvalue weighted by Crippen LogP contribution is 2.36. The molecule has 0 radical (unpaired) electrons. The van der Waals surface area contributed by atoms with Crippen LogP contribution in [0.3, 0.4) is 0 Å². The third-order valence-corrected chi connectivity index (χ3v) is 5.37. The van der Waals surface area contributed by atoms with Crippen molar-refractivity contribution in [1.29, 1.82) is 0 Å². The van der Waals surface area contributed by atoms with Gasteiger partial charge in [-0.1, -0.05) is 73.8 Å². The van der Waals surface area contributed by atoms with Crippen LogP contribution in [0.4, 0.5) is 5.69 Å². The molecule has 4 heteroatoms. The van der Waals surface area contributed by atoms with Gasteiger partial charge in [-0.3, -0.25) is 0 Å². The average molecular weight is 375 g/mol. The number of phenolic OH excluding ortho intramolecular Hbond substituents is 1. The highest BCUT2D eigenvalue weighted by atomic mass is 32.2. The minimum absolute atomic E-state index is 0.166. The summed E-state index contributed by atoms with van der Waals surface area (Å²) in [6, 6.07) is 20.9. The van der Waals surface area contributed by atoms with E-state index in [0.29, 0.717) is 28.1 Å². The summed E-state index contributed by atoms with van der Waals surface area (Å²) in [4.78, 5) is 0.672. The molecule has 27 heavy (non-hydrogen) atoms. The van der Waals surface area contributed by atoms with E-state index in [2.05, 4.69) is 17.9 Å². The quantitative estimate of drug-likeness (QED) is 0.543. The zero-order valence-corrected chi connectivity index (χ0v) is 15.7. The summed E-state index contributed by atoms with van der Waals surface area (Å²) in [5.74, 6) is 0.166. The smallest absolute Gasteiger partial charge is 0.150 e. The number of anilines is 1. The molecule has 3 aromatic rings. The molecule has 0 amide bonds. The van der Waals surface area contributed by atoms with Gasteiger partial charge in [0.2, 0.25) is 0 Å². The first-order valence-electron chi connectivity index (χ1n) is 8.55. The molecule has 0 aliphatic rings. The van der Waals surface area contributed by atoms with Gasteiger partial charge >= 0.3 is 0 Å². The molecule has 0 aliphatic heterocycles. The molecular weight excluding hydrogens is 354 g/mol. The molecule has 2 N–H and O–H groups in total. The van der Waals surface area contributed by atoms with Gasteiger partial charge in [-0.2, -0.15) is 0 Å². The average Bonchev–Trinajstić information content (AvgIpc) is 2.71. The van der Waals surface area contributed by atoms with Gasteiger partial charge in [0.15, 0.2) is 0 Å². The summed E-state index contributed by atoms with van der Waals surface area (Å²) in [6.45, 7) is 7.65. The Kier molecular flexibility index (Phi) is 5.89. The standard InChI is InChI=1S/C23H21NO2S/c1-3-20-21(4-2)23(25)18(15-17-11-7-5-8-12-17)16-22(20)24-27(26)19-13-9-6-10-14-19/h3-14,16,24-25H,1-2,15H2. The minimum Gasteiger partial charge on any atom is -0.507 e. The maximum Gasteiger partial charge on any atom is 0.150 e. The SMILES string of the molecule is C=Cc1c(NS(=O)c2ccccc2)cc(Cc2ccccc2)c(O)c1C=C. The number of phenols is 1. The fraction of sp³-hybridized carbons (Fsp3) is 0.0435. The van der Waals surface area contributed by atoms with Gasteiger partial charge in [0.05, 0.1) is 10.6 Å². The molecule has 136 valence electrons. The molecule has 0 saturated heterocycles. The molecule has 3 rings (SSSR count). The highest BCUT2D eigenvalue weighted by Gasteiger charge is 2.16. The molecule has 0 aromatic heterocycles. The lowest BCUT2D eigenvalue weighted by Gasteiger charge is -2.17. The van der Waals surface area contributed by atoms with Crippen LogP contribution in [0.15, 0.2) is 84.8 Å². The number of aromatic hydroxyl groups is 1. The lowest BCUT2D eigenvalue weighted by molar-refractivity contribution is 0.468. The van der Waals surface area contributed by atoms with Crippen LogP contribution in [-0.4, -0.2) is 9.32 Å². The molecule has 3 aromatic carbocycles. The molecule has 0 saturated carbocycles. The molecule has 1 atom stereocenters. The number of nitrogens with one attached hydrogen (secondary N) is 1. The van der Waals surface area contributed by atoms with Crippen molar-refractivity contribution >= 4 is 28.8 Å². The maximum atomic E-state index is 12.7.